The second kappa shape index (κ2) is 9.30. The zero-order valence-electron chi connectivity index (χ0n) is 17.1. The van der Waals surface area contributed by atoms with Gasteiger partial charge in [-0.25, -0.2) is 4.98 Å². The van der Waals surface area contributed by atoms with E-state index in [4.69, 9.17) is 4.42 Å². The van der Waals surface area contributed by atoms with Crippen molar-refractivity contribution in [2.24, 2.45) is 4.99 Å². The number of benzene rings is 1. The molecule has 1 amide bonds. The molecule has 0 bridgehead atoms. The maximum Gasteiger partial charge on any atom is 0.289 e. The first-order chi connectivity index (χ1) is 14.7. The third kappa shape index (κ3) is 4.71. The van der Waals surface area contributed by atoms with Gasteiger partial charge in [-0.3, -0.25) is 9.79 Å². The molecule has 1 fully saturated rings. The van der Waals surface area contributed by atoms with Crippen LogP contribution >= 0.6 is 0 Å². The third-order valence-corrected chi connectivity index (χ3v) is 5.18. The van der Waals surface area contributed by atoms with Crippen molar-refractivity contribution in [2.75, 3.05) is 33.2 Å². The van der Waals surface area contributed by atoms with Crippen LogP contribution in [0, 0.1) is 0 Å². The zero-order valence-corrected chi connectivity index (χ0v) is 17.1. The van der Waals surface area contributed by atoms with Gasteiger partial charge >= 0.3 is 0 Å². The molecule has 30 heavy (non-hydrogen) atoms. The number of aromatic nitrogens is 2. The summed E-state index contributed by atoms with van der Waals surface area (Å²) in [5, 5.41) is 3.45. The molecule has 1 aliphatic heterocycles. The highest BCUT2D eigenvalue weighted by Crippen LogP contribution is 2.11. The van der Waals surface area contributed by atoms with Crippen molar-refractivity contribution in [2.45, 2.75) is 13.1 Å². The Hall–Kier alpha value is -3.55. The number of carbonyl (C=O) groups excluding carboxylic acids is 1. The van der Waals surface area contributed by atoms with Crippen LogP contribution in [0.5, 0.6) is 0 Å². The van der Waals surface area contributed by atoms with E-state index in [9.17, 15) is 4.79 Å². The van der Waals surface area contributed by atoms with Gasteiger partial charge in [0.2, 0.25) is 0 Å². The fraction of sp³-hybridized carbons (Fsp3) is 0.318. The van der Waals surface area contributed by atoms with Gasteiger partial charge in [-0.1, -0.05) is 24.3 Å². The number of hydrogen-bond donors (Lipinski definition) is 1. The smallest absolute Gasteiger partial charge is 0.289 e. The van der Waals surface area contributed by atoms with Crippen molar-refractivity contribution in [3.05, 3.63) is 78.3 Å². The summed E-state index contributed by atoms with van der Waals surface area (Å²) in [7, 11) is 1.79. The SMILES string of the molecule is CN=C(NCc1cccc(Cn2ccnc2)c1)N1CCN(C(=O)c2ccco2)CC1. The second-order valence-corrected chi connectivity index (χ2v) is 7.21. The lowest BCUT2D eigenvalue weighted by Gasteiger charge is -2.36. The molecule has 1 aromatic carbocycles. The molecule has 4 rings (SSSR count). The highest BCUT2D eigenvalue weighted by atomic mass is 16.3. The molecule has 0 radical (unpaired) electrons. The van der Waals surface area contributed by atoms with Crippen molar-refractivity contribution < 1.29 is 9.21 Å². The van der Waals surface area contributed by atoms with E-state index in [-0.39, 0.29) is 5.91 Å². The van der Waals surface area contributed by atoms with Gasteiger partial charge in [0.15, 0.2) is 11.7 Å². The lowest BCUT2D eigenvalue weighted by molar-refractivity contribution is 0.0657. The highest BCUT2D eigenvalue weighted by Gasteiger charge is 2.25. The van der Waals surface area contributed by atoms with E-state index in [0.29, 0.717) is 25.4 Å². The minimum atomic E-state index is -0.0581. The number of carbonyl (C=O) groups is 1. The van der Waals surface area contributed by atoms with Crippen LogP contribution in [-0.2, 0) is 13.1 Å². The van der Waals surface area contributed by atoms with E-state index in [1.807, 2.05) is 17.4 Å². The number of guanidine groups is 1. The zero-order chi connectivity index (χ0) is 20.8. The van der Waals surface area contributed by atoms with E-state index in [2.05, 4.69) is 49.0 Å². The Morgan fingerprint density at radius 3 is 2.63 bits per heavy atom. The molecule has 0 aliphatic carbocycles. The van der Waals surface area contributed by atoms with Gasteiger partial charge in [-0.2, -0.15) is 0 Å². The monoisotopic (exact) mass is 406 g/mol. The molecule has 1 N–H and O–H groups in total. The largest absolute Gasteiger partial charge is 0.459 e. The Balaban J connectivity index is 1.30. The fourth-order valence-electron chi connectivity index (χ4n) is 3.62. The molecule has 8 nitrogen and oxygen atoms in total. The summed E-state index contributed by atoms with van der Waals surface area (Å²) in [4.78, 5) is 24.9. The number of aliphatic imine (C=N–C) groups is 1. The number of piperazine rings is 1. The minimum Gasteiger partial charge on any atom is -0.459 e. The summed E-state index contributed by atoms with van der Waals surface area (Å²) in [5.41, 5.74) is 2.42. The summed E-state index contributed by atoms with van der Waals surface area (Å²) in [6.07, 6.45) is 7.10. The topological polar surface area (TPSA) is 78.9 Å². The summed E-state index contributed by atoms with van der Waals surface area (Å²) >= 11 is 0. The van der Waals surface area contributed by atoms with Gasteiger partial charge in [0, 0.05) is 58.7 Å². The van der Waals surface area contributed by atoms with Gasteiger partial charge in [-0.05, 0) is 23.3 Å². The molecule has 156 valence electrons. The van der Waals surface area contributed by atoms with Crippen molar-refractivity contribution in [3.63, 3.8) is 0 Å². The first kappa shape index (κ1) is 19.8. The molecular formula is C22H26N6O2. The number of nitrogens with zero attached hydrogens (tertiary/aromatic N) is 5. The van der Waals surface area contributed by atoms with E-state index >= 15 is 0 Å². The normalized spacial score (nSPS) is 14.8. The molecule has 0 atom stereocenters. The number of nitrogens with one attached hydrogen (secondary N) is 1. The maximum atomic E-state index is 12.4. The van der Waals surface area contributed by atoms with Gasteiger partial charge in [-0.15, -0.1) is 0 Å². The molecule has 0 saturated carbocycles. The van der Waals surface area contributed by atoms with Gasteiger partial charge in [0.1, 0.15) is 0 Å². The summed E-state index contributed by atoms with van der Waals surface area (Å²) in [5.74, 6) is 1.18. The van der Waals surface area contributed by atoms with Crippen molar-refractivity contribution >= 4 is 11.9 Å². The standard InChI is InChI=1S/C22H26N6O2/c1-23-22(28-11-9-27(10-12-28)21(29)20-6-3-13-30-20)25-15-18-4-2-5-19(14-18)16-26-8-7-24-17-26/h2-8,13-14,17H,9-12,15-16H2,1H3,(H,23,25). The Bertz CT molecular complexity index is 973. The van der Waals surface area contributed by atoms with Crippen LogP contribution < -0.4 is 5.32 Å². The number of amides is 1. The van der Waals surface area contributed by atoms with Crippen LogP contribution in [0.25, 0.3) is 0 Å². The van der Waals surface area contributed by atoms with E-state index in [1.165, 1.54) is 17.4 Å². The van der Waals surface area contributed by atoms with Crippen LogP contribution in [0.1, 0.15) is 21.7 Å². The Morgan fingerprint density at radius 2 is 1.93 bits per heavy atom. The molecular weight excluding hydrogens is 380 g/mol. The number of rotatable bonds is 5. The molecule has 3 aromatic rings. The fourth-order valence-corrected chi connectivity index (χ4v) is 3.62. The lowest BCUT2D eigenvalue weighted by atomic mass is 10.1. The van der Waals surface area contributed by atoms with Crippen molar-refractivity contribution in [1.29, 1.82) is 0 Å². The quantitative estimate of drug-likeness (QED) is 0.518. The summed E-state index contributed by atoms with van der Waals surface area (Å²) < 4.78 is 7.28. The molecule has 1 saturated heterocycles. The molecule has 2 aromatic heterocycles. The van der Waals surface area contributed by atoms with Crippen LogP contribution in [-0.4, -0.2) is 64.4 Å². The van der Waals surface area contributed by atoms with Crippen LogP contribution in [0.2, 0.25) is 0 Å². The average molecular weight is 406 g/mol. The Kier molecular flexibility index (Phi) is 6.12. The summed E-state index contributed by atoms with van der Waals surface area (Å²) in [6.45, 7) is 4.23. The first-order valence-electron chi connectivity index (χ1n) is 10.0. The Labute approximate surface area is 175 Å². The van der Waals surface area contributed by atoms with E-state index in [0.717, 1.165) is 25.6 Å². The summed E-state index contributed by atoms with van der Waals surface area (Å²) in [6, 6.07) is 11.9. The van der Waals surface area contributed by atoms with Crippen molar-refractivity contribution in [1.82, 2.24) is 24.7 Å². The number of imidazole rings is 1. The van der Waals surface area contributed by atoms with E-state index in [1.54, 1.807) is 25.4 Å². The predicted molar refractivity (Wildman–Crippen MR) is 114 cm³/mol. The molecule has 1 aliphatic rings. The average Bonchev–Trinajstić information content (AvgIpc) is 3.49. The molecule has 3 heterocycles. The van der Waals surface area contributed by atoms with Gasteiger partial charge in [0.25, 0.3) is 5.91 Å². The minimum absolute atomic E-state index is 0.0581. The number of furan rings is 1. The predicted octanol–water partition coefficient (Wildman–Crippen LogP) is 2.06. The van der Waals surface area contributed by atoms with Crippen LogP contribution in [0.4, 0.5) is 0 Å². The van der Waals surface area contributed by atoms with Crippen molar-refractivity contribution in [3.8, 4) is 0 Å². The number of hydrogen-bond acceptors (Lipinski definition) is 4. The van der Waals surface area contributed by atoms with Gasteiger partial charge in [0.05, 0.1) is 12.6 Å². The lowest BCUT2D eigenvalue weighted by Crippen LogP contribution is -2.53. The van der Waals surface area contributed by atoms with Crippen LogP contribution in [0.3, 0.4) is 0 Å². The second-order valence-electron chi connectivity index (χ2n) is 7.21. The highest BCUT2D eigenvalue weighted by molar-refractivity contribution is 5.91. The third-order valence-electron chi connectivity index (χ3n) is 5.18. The first-order valence-corrected chi connectivity index (χ1v) is 10.0. The molecule has 8 heteroatoms. The van der Waals surface area contributed by atoms with E-state index < -0.39 is 0 Å². The maximum absolute atomic E-state index is 12.4. The molecule has 0 spiro atoms. The van der Waals surface area contributed by atoms with Crippen LogP contribution in [0.15, 0.2) is 70.8 Å². The van der Waals surface area contributed by atoms with Gasteiger partial charge < -0.3 is 24.1 Å². The Morgan fingerprint density at radius 1 is 1.13 bits per heavy atom. The molecule has 0 unspecified atom stereocenters.